The van der Waals surface area contributed by atoms with Crippen LogP contribution in [0.2, 0.25) is 0 Å². The third-order valence-electron chi connectivity index (χ3n) is 3.62. The van der Waals surface area contributed by atoms with Gasteiger partial charge in [0.15, 0.2) is 0 Å². The first-order valence-corrected chi connectivity index (χ1v) is 9.06. The summed E-state index contributed by atoms with van der Waals surface area (Å²) < 4.78 is 0. The molecule has 7 heteroatoms. The lowest BCUT2D eigenvalue weighted by molar-refractivity contribution is 0.0951. The Balaban J connectivity index is 1.47. The van der Waals surface area contributed by atoms with E-state index < -0.39 is 0 Å². The number of carbonyl (C=O) groups excluding carboxylic acids is 2. The highest BCUT2D eigenvalue weighted by Crippen LogP contribution is 2.13. The van der Waals surface area contributed by atoms with Crippen LogP contribution in [-0.2, 0) is 6.42 Å². The maximum absolute atomic E-state index is 12.1. The number of anilines is 1. The van der Waals surface area contributed by atoms with Gasteiger partial charge in [-0.25, -0.2) is 0 Å². The predicted molar refractivity (Wildman–Crippen MR) is 101 cm³/mol. The molecule has 2 aromatic carbocycles. The van der Waals surface area contributed by atoms with Gasteiger partial charge >= 0.3 is 0 Å². The number of amides is 2. The van der Waals surface area contributed by atoms with Crippen LogP contribution in [0.1, 0.15) is 31.6 Å². The third kappa shape index (κ3) is 4.97. The topological polar surface area (TPSA) is 84.0 Å². The Kier molecular flexibility index (Phi) is 6.05. The van der Waals surface area contributed by atoms with Gasteiger partial charge < -0.3 is 10.6 Å². The van der Waals surface area contributed by atoms with Crippen molar-refractivity contribution >= 4 is 28.8 Å². The highest BCUT2D eigenvalue weighted by molar-refractivity contribution is 7.15. The summed E-state index contributed by atoms with van der Waals surface area (Å²) in [5, 5.41) is 13.5. The van der Waals surface area contributed by atoms with Crippen molar-refractivity contribution in [1.29, 1.82) is 0 Å². The molecule has 0 spiro atoms. The fourth-order valence-corrected chi connectivity index (χ4v) is 2.98. The molecule has 0 saturated heterocycles. The van der Waals surface area contributed by atoms with Crippen LogP contribution >= 0.6 is 11.3 Å². The van der Waals surface area contributed by atoms with Crippen LogP contribution in [0.15, 0.2) is 60.7 Å². The molecule has 0 aliphatic heterocycles. The Hall–Kier alpha value is -3.06. The highest BCUT2D eigenvalue weighted by atomic mass is 32.1. The van der Waals surface area contributed by atoms with Crippen LogP contribution in [0, 0.1) is 0 Å². The quantitative estimate of drug-likeness (QED) is 0.629. The van der Waals surface area contributed by atoms with Crippen molar-refractivity contribution in [2.24, 2.45) is 0 Å². The number of carbonyl (C=O) groups is 2. The minimum atomic E-state index is -0.378. The van der Waals surface area contributed by atoms with Crippen LogP contribution in [0.4, 0.5) is 5.69 Å². The number of benzene rings is 2. The number of nitrogens with zero attached hydrogens (tertiary/aromatic N) is 2. The van der Waals surface area contributed by atoms with Crippen molar-refractivity contribution < 1.29 is 9.59 Å². The molecule has 26 heavy (non-hydrogen) atoms. The van der Waals surface area contributed by atoms with Crippen molar-refractivity contribution in [2.75, 3.05) is 11.9 Å². The van der Waals surface area contributed by atoms with Gasteiger partial charge in [0.1, 0.15) is 0 Å². The first-order chi connectivity index (χ1) is 12.7. The van der Waals surface area contributed by atoms with E-state index in [0.29, 0.717) is 12.2 Å². The van der Waals surface area contributed by atoms with Crippen molar-refractivity contribution in [3.05, 3.63) is 76.2 Å². The summed E-state index contributed by atoms with van der Waals surface area (Å²) in [6.45, 7) is 0.541. The van der Waals surface area contributed by atoms with E-state index in [1.165, 1.54) is 5.56 Å². The average molecular weight is 366 g/mol. The summed E-state index contributed by atoms with van der Waals surface area (Å²) in [7, 11) is 0. The minimum Gasteiger partial charge on any atom is -0.350 e. The Labute approximate surface area is 155 Å². The summed E-state index contributed by atoms with van der Waals surface area (Å²) in [6, 6.07) is 19.2. The molecule has 1 aromatic heterocycles. The van der Waals surface area contributed by atoms with Crippen LogP contribution in [0.3, 0.4) is 0 Å². The van der Waals surface area contributed by atoms with Crippen LogP contribution in [0.5, 0.6) is 0 Å². The van der Waals surface area contributed by atoms with Gasteiger partial charge in [0.05, 0.1) is 0 Å². The normalized spacial score (nSPS) is 10.3. The average Bonchev–Trinajstić information content (AvgIpc) is 3.17. The second kappa shape index (κ2) is 8.87. The standard InChI is InChI=1S/C19H18N4O2S/c24-16(20-13-7-10-14-8-3-1-4-9-14)18-22-23-19(26-18)17(25)21-15-11-5-2-6-12-15/h1-6,8-9,11-12H,7,10,13H2,(H,20,24)(H,21,25). The largest absolute Gasteiger partial charge is 0.350 e. The molecular formula is C19H18N4O2S. The highest BCUT2D eigenvalue weighted by Gasteiger charge is 2.17. The number of aromatic nitrogens is 2. The van der Waals surface area contributed by atoms with Crippen molar-refractivity contribution in [3.8, 4) is 0 Å². The molecule has 2 amide bonds. The lowest BCUT2D eigenvalue weighted by Gasteiger charge is -2.03. The first kappa shape index (κ1) is 17.8. The maximum Gasteiger partial charge on any atom is 0.286 e. The Morgan fingerprint density at radius 2 is 1.46 bits per heavy atom. The molecule has 0 bridgehead atoms. The van der Waals surface area contributed by atoms with Gasteiger partial charge in [0, 0.05) is 12.2 Å². The zero-order valence-electron chi connectivity index (χ0n) is 14.0. The van der Waals surface area contributed by atoms with Gasteiger partial charge in [-0.3, -0.25) is 9.59 Å². The number of hydrogen-bond acceptors (Lipinski definition) is 5. The van der Waals surface area contributed by atoms with Crippen molar-refractivity contribution in [2.45, 2.75) is 12.8 Å². The minimum absolute atomic E-state index is 0.156. The lowest BCUT2D eigenvalue weighted by atomic mass is 10.1. The first-order valence-electron chi connectivity index (χ1n) is 8.24. The van der Waals surface area contributed by atoms with Gasteiger partial charge in [-0.05, 0) is 30.5 Å². The van der Waals surface area contributed by atoms with E-state index in [0.717, 1.165) is 24.2 Å². The van der Waals surface area contributed by atoms with E-state index >= 15 is 0 Å². The fraction of sp³-hybridized carbons (Fsp3) is 0.158. The van der Waals surface area contributed by atoms with E-state index in [2.05, 4.69) is 33.0 Å². The Morgan fingerprint density at radius 3 is 2.15 bits per heavy atom. The molecule has 1 heterocycles. The number of nitrogens with one attached hydrogen (secondary N) is 2. The molecule has 2 N–H and O–H groups in total. The number of rotatable bonds is 7. The SMILES string of the molecule is O=C(NCCCc1ccccc1)c1nnc(C(=O)Nc2ccccc2)s1. The predicted octanol–water partition coefficient (Wildman–Crippen LogP) is 3.15. The van der Waals surface area contributed by atoms with Crippen LogP contribution in [0.25, 0.3) is 0 Å². The molecule has 0 unspecified atom stereocenters. The second-order valence-electron chi connectivity index (χ2n) is 5.58. The van der Waals surface area contributed by atoms with Gasteiger partial charge in [0.25, 0.3) is 11.8 Å². The van der Waals surface area contributed by atoms with E-state index in [4.69, 9.17) is 0 Å². The number of aryl methyl sites for hydroxylation is 1. The van der Waals surface area contributed by atoms with Gasteiger partial charge in [-0.2, -0.15) is 0 Å². The second-order valence-corrected chi connectivity index (χ2v) is 6.56. The molecule has 3 aromatic rings. The molecule has 3 rings (SSSR count). The van der Waals surface area contributed by atoms with Gasteiger partial charge in [-0.1, -0.05) is 59.9 Å². The number of para-hydroxylation sites is 1. The fourth-order valence-electron chi connectivity index (χ4n) is 2.33. The smallest absolute Gasteiger partial charge is 0.286 e. The molecule has 6 nitrogen and oxygen atoms in total. The lowest BCUT2D eigenvalue weighted by Crippen LogP contribution is -2.24. The molecule has 0 radical (unpaired) electrons. The molecule has 132 valence electrons. The van der Waals surface area contributed by atoms with E-state index in [1.54, 1.807) is 12.1 Å². The zero-order chi connectivity index (χ0) is 18.2. The Bertz CT molecular complexity index is 866. The third-order valence-corrected chi connectivity index (χ3v) is 4.54. The maximum atomic E-state index is 12.1. The van der Waals surface area contributed by atoms with E-state index in [-0.39, 0.29) is 21.8 Å². The molecule has 0 fully saturated rings. The zero-order valence-corrected chi connectivity index (χ0v) is 14.8. The van der Waals surface area contributed by atoms with Crippen LogP contribution in [-0.4, -0.2) is 28.6 Å². The van der Waals surface area contributed by atoms with E-state index in [1.807, 2.05) is 36.4 Å². The molecule has 0 atom stereocenters. The molecule has 0 saturated carbocycles. The summed E-state index contributed by atoms with van der Waals surface area (Å²) in [6.07, 6.45) is 1.72. The summed E-state index contributed by atoms with van der Waals surface area (Å²) in [5.41, 5.74) is 1.90. The summed E-state index contributed by atoms with van der Waals surface area (Å²) >= 11 is 0.976. The molecular weight excluding hydrogens is 348 g/mol. The van der Waals surface area contributed by atoms with Crippen molar-refractivity contribution in [3.63, 3.8) is 0 Å². The Morgan fingerprint density at radius 1 is 0.846 bits per heavy atom. The van der Waals surface area contributed by atoms with Crippen LogP contribution < -0.4 is 10.6 Å². The van der Waals surface area contributed by atoms with Gasteiger partial charge in [0.2, 0.25) is 10.0 Å². The van der Waals surface area contributed by atoms with E-state index in [9.17, 15) is 9.59 Å². The summed E-state index contributed by atoms with van der Waals surface area (Å²) in [5.74, 6) is -0.689. The number of hydrogen-bond donors (Lipinski definition) is 2. The van der Waals surface area contributed by atoms with Gasteiger partial charge in [-0.15, -0.1) is 10.2 Å². The molecule has 0 aliphatic carbocycles. The monoisotopic (exact) mass is 366 g/mol. The summed E-state index contributed by atoms with van der Waals surface area (Å²) in [4.78, 5) is 24.2. The van der Waals surface area contributed by atoms with Crippen molar-refractivity contribution in [1.82, 2.24) is 15.5 Å². The molecule has 0 aliphatic rings.